The van der Waals surface area contributed by atoms with Crippen LogP contribution in [0, 0.1) is 6.92 Å². The predicted molar refractivity (Wildman–Crippen MR) is 61.2 cm³/mol. The molecule has 0 aromatic heterocycles. The standard InChI is InChI=1S/C9H14BNO4S/c1-8-3-5-9(6-4-8)16(14,15)11(2)7-10(12)13/h3-6,12-13H,7H2,1-2H3. The molecule has 1 rings (SSSR count). The highest BCUT2D eigenvalue weighted by Crippen LogP contribution is 2.14. The maximum Gasteiger partial charge on any atom is 0.467 e. The normalized spacial score (nSPS) is 11.8. The minimum Gasteiger partial charge on any atom is -0.426 e. The number of nitrogens with zero attached hydrogens (tertiary/aromatic N) is 1. The highest BCUT2D eigenvalue weighted by Gasteiger charge is 2.24. The van der Waals surface area contributed by atoms with Crippen molar-refractivity contribution in [2.24, 2.45) is 0 Å². The van der Waals surface area contributed by atoms with Crippen molar-refractivity contribution in [3.63, 3.8) is 0 Å². The second kappa shape index (κ2) is 4.96. The summed E-state index contributed by atoms with van der Waals surface area (Å²) in [6, 6.07) is 6.36. The second-order valence-corrected chi connectivity index (χ2v) is 5.62. The first kappa shape index (κ1) is 13.2. The summed E-state index contributed by atoms with van der Waals surface area (Å²) in [5.74, 6) is 0. The average molecular weight is 243 g/mol. The number of sulfonamides is 1. The van der Waals surface area contributed by atoms with Gasteiger partial charge in [0.25, 0.3) is 0 Å². The highest BCUT2D eigenvalue weighted by molar-refractivity contribution is 7.89. The number of aryl methyl sites for hydroxylation is 1. The van der Waals surface area contributed by atoms with Gasteiger partial charge in [0.1, 0.15) is 0 Å². The van der Waals surface area contributed by atoms with Crippen LogP contribution in [0.2, 0.25) is 0 Å². The topological polar surface area (TPSA) is 77.8 Å². The molecular formula is C9H14BNO4S. The molecule has 0 fully saturated rings. The van der Waals surface area contributed by atoms with E-state index in [0.717, 1.165) is 9.87 Å². The molecule has 0 saturated heterocycles. The van der Waals surface area contributed by atoms with Gasteiger partial charge in [-0.1, -0.05) is 17.7 Å². The van der Waals surface area contributed by atoms with Crippen molar-refractivity contribution < 1.29 is 18.5 Å². The van der Waals surface area contributed by atoms with Crippen LogP contribution in [0.15, 0.2) is 29.2 Å². The molecule has 5 nitrogen and oxygen atoms in total. The predicted octanol–water partition coefficient (Wildman–Crippen LogP) is -0.372. The number of rotatable bonds is 4. The van der Waals surface area contributed by atoms with Gasteiger partial charge in [-0.3, -0.25) is 0 Å². The van der Waals surface area contributed by atoms with E-state index in [1.54, 1.807) is 12.1 Å². The molecule has 1 aromatic rings. The Kier molecular flexibility index (Phi) is 4.09. The summed E-state index contributed by atoms with van der Waals surface area (Å²) in [7, 11) is -4.01. The third kappa shape index (κ3) is 3.05. The monoisotopic (exact) mass is 243 g/mol. The van der Waals surface area contributed by atoms with E-state index in [4.69, 9.17) is 10.0 Å². The number of hydrogen-bond donors (Lipinski definition) is 2. The van der Waals surface area contributed by atoms with E-state index >= 15 is 0 Å². The van der Waals surface area contributed by atoms with Gasteiger partial charge in [-0.15, -0.1) is 0 Å². The third-order valence-corrected chi connectivity index (χ3v) is 3.99. The van der Waals surface area contributed by atoms with Crippen molar-refractivity contribution in [3.05, 3.63) is 29.8 Å². The minimum atomic E-state index is -3.64. The van der Waals surface area contributed by atoms with Gasteiger partial charge in [-0.25, -0.2) is 12.7 Å². The Morgan fingerprint density at radius 3 is 2.19 bits per heavy atom. The van der Waals surface area contributed by atoms with Gasteiger partial charge in [-0.05, 0) is 19.1 Å². The van der Waals surface area contributed by atoms with E-state index in [1.807, 2.05) is 6.92 Å². The van der Waals surface area contributed by atoms with Crippen molar-refractivity contribution in [1.82, 2.24) is 4.31 Å². The van der Waals surface area contributed by atoms with Gasteiger partial charge < -0.3 is 10.0 Å². The number of benzene rings is 1. The Balaban J connectivity index is 2.97. The van der Waals surface area contributed by atoms with Crippen LogP contribution in [0.5, 0.6) is 0 Å². The molecule has 0 aliphatic carbocycles. The fraction of sp³-hybridized carbons (Fsp3) is 0.333. The largest absolute Gasteiger partial charge is 0.467 e. The number of hydrogen-bond acceptors (Lipinski definition) is 4. The van der Waals surface area contributed by atoms with E-state index in [-0.39, 0.29) is 11.3 Å². The van der Waals surface area contributed by atoms with Crippen molar-refractivity contribution in [1.29, 1.82) is 0 Å². The van der Waals surface area contributed by atoms with Gasteiger partial charge in [0, 0.05) is 13.5 Å². The fourth-order valence-corrected chi connectivity index (χ4v) is 2.39. The molecule has 0 amide bonds. The van der Waals surface area contributed by atoms with Gasteiger partial charge in [-0.2, -0.15) is 0 Å². The highest BCUT2D eigenvalue weighted by atomic mass is 32.2. The molecule has 0 saturated carbocycles. The summed E-state index contributed by atoms with van der Waals surface area (Å²) in [5, 5.41) is 17.5. The molecule has 0 bridgehead atoms. The molecule has 0 heterocycles. The van der Waals surface area contributed by atoms with Crippen LogP contribution >= 0.6 is 0 Å². The van der Waals surface area contributed by atoms with Crippen LogP contribution < -0.4 is 0 Å². The van der Waals surface area contributed by atoms with Crippen molar-refractivity contribution in [3.8, 4) is 0 Å². The lowest BCUT2D eigenvalue weighted by Gasteiger charge is -2.16. The zero-order valence-electron chi connectivity index (χ0n) is 9.16. The Morgan fingerprint density at radius 2 is 1.75 bits per heavy atom. The summed E-state index contributed by atoms with van der Waals surface area (Å²) in [4.78, 5) is 0.140. The Bertz CT molecular complexity index is 443. The first-order chi connectivity index (χ1) is 7.34. The lowest BCUT2D eigenvalue weighted by molar-refractivity contribution is 0.377. The summed E-state index contributed by atoms with van der Waals surface area (Å²) >= 11 is 0. The maximum absolute atomic E-state index is 11.9. The SMILES string of the molecule is Cc1ccc(S(=O)(=O)N(C)CB(O)O)cc1. The Hall–Kier alpha value is -0.885. The molecule has 1 aromatic carbocycles. The molecule has 0 unspecified atom stereocenters. The summed E-state index contributed by atoms with van der Waals surface area (Å²) < 4.78 is 24.7. The molecule has 0 radical (unpaired) electrons. The molecule has 88 valence electrons. The lowest BCUT2D eigenvalue weighted by atomic mass is 9.93. The van der Waals surface area contributed by atoms with E-state index in [2.05, 4.69) is 0 Å². The van der Waals surface area contributed by atoms with Crippen LogP contribution in [-0.4, -0.2) is 43.4 Å². The van der Waals surface area contributed by atoms with E-state index in [1.165, 1.54) is 19.2 Å². The molecule has 7 heteroatoms. The first-order valence-corrected chi connectivity index (χ1v) is 6.17. The quantitative estimate of drug-likeness (QED) is 0.707. The molecule has 0 spiro atoms. The van der Waals surface area contributed by atoms with Gasteiger partial charge >= 0.3 is 7.12 Å². The zero-order chi connectivity index (χ0) is 12.3. The summed E-state index contributed by atoms with van der Waals surface area (Å²) in [5.41, 5.74) is 0.962. The van der Waals surface area contributed by atoms with Crippen LogP contribution in [0.25, 0.3) is 0 Å². The van der Waals surface area contributed by atoms with Crippen molar-refractivity contribution in [2.45, 2.75) is 11.8 Å². The Morgan fingerprint density at radius 1 is 1.25 bits per heavy atom. The second-order valence-electron chi connectivity index (χ2n) is 3.58. The summed E-state index contributed by atoms with van der Waals surface area (Å²) in [6.45, 7) is 1.86. The van der Waals surface area contributed by atoms with Crippen LogP contribution in [0.1, 0.15) is 5.56 Å². The Labute approximate surface area is 95.5 Å². The molecule has 0 aliphatic rings. The fourth-order valence-electron chi connectivity index (χ4n) is 1.22. The smallest absolute Gasteiger partial charge is 0.426 e. The van der Waals surface area contributed by atoms with Crippen LogP contribution in [0.3, 0.4) is 0 Å². The first-order valence-electron chi connectivity index (χ1n) is 4.73. The zero-order valence-corrected chi connectivity index (χ0v) is 9.98. The molecule has 2 N–H and O–H groups in total. The van der Waals surface area contributed by atoms with Gasteiger partial charge in [0.2, 0.25) is 10.0 Å². The molecule has 16 heavy (non-hydrogen) atoms. The summed E-state index contributed by atoms with van der Waals surface area (Å²) in [6.07, 6.45) is -0.351. The van der Waals surface area contributed by atoms with E-state index in [9.17, 15) is 8.42 Å². The van der Waals surface area contributed by atoms with Crippen LogP contribution in [-0.2, 0) is 10.0 Å². The molecule has 0 aliphatic heterocycles. The van der Waals surface area contributed by atoms with Gasteiger partial charge in [0.05, 0.1) is 4.90 Å². The minimum absolute atomic E-state index is 0.140. The van der Waals surface area contributed by atoms with Crippen molar-refractivity contribution in [2.75, 3.05) is 13.5 Å². The molecule has 0 atom stereocenters. The maximum atomic E-state index is 11.9. The average Bonchev–Trinajstić information content (AvgIpc) is 2.17. The van der Waals surface area contributed by atoms with E-state index in [0.29, 0.717) is 0 Å². The van der Waals surface area contributed by atoms with Crippen LogP contribution in [0.4, 0.5) is 0 Å². The van der Waals surface area contributed by atoms with E-state index < -0.39 is 17.1 Å². The van der Waals surface area contributed by atoms with Crippen molar-refractivity contribution >= 4 is 17.1 Å². The van der Waals surface area contributed by atoms with Gasteiger partial charge in [0.15, 0.2) is 0 Å². The molecular weight excluding hydrogens is 229 g/mol. The third-order valence-electron chi connectivity index (χ3n) is 2.15. The lowest BCUT2D eigenvalue weighted by Crippen LogP contribution is -2.36.